The Hall–Kier alpha value is -3.61. The van der Waals surface area contributed by atoms with E-state index in [-0.39, 0.29) is 27.4 Å². The number of aromatic nitrogens is 3. The van der Waals surface area contributed by atoms with Gasteiger partial charge in [-0.25, -0.2) is 4.79 Å². The van der Waals surface area contributed by atoms with Gasteiger partial charge in [-0.05, 0) is 42.3 Å². The molecule has 0 unspecified atom stereocenters. The van der Waals surface area contributed by atoms with Crippen LogP contribution in [-0.4, -0.2) is 20.7 Å². The van der Waals surface area contributed by atoms with Crippen molar-refractivity contribution < 1.29 is 9.53 Å². The molecule has 0 fully saturated rings. The van der Waals surface area contributed by atoms with Gasteiger partial charge in [-0.1, -0.05) is 23.2 Å². The molecule has 0 radical (unpaired) electrons. The zero-order valence-electron chi connectivity index (χ0n) is 15.0. The molecule has 9 nitrogen and oxygen atoms in total. The largest absolute Gasteiger partial charge is 0.454 e. The van der Waals surface area contributed by atoms with Crippen LogP contribution < -0.4 is 21.3 Å². The number of carbonyl (C=O) groups excluding carboxylic acids is 1. The normalized spacial score (nSPS) is 12.6. The number of fused-ring (bicyclic) bond motifs is 1. The Bertz CT molecular complexity index is 1330. The van der Waals surface area contributed by atoms with Gasteiger partial charge < -0.3 is 10.1 Å². The van der Waals surface area contributed by atoms with Crippen LogP contribution in [0.4, 0.5) is 5.69 Å². The Labute approximate surface area is 178 Å². The summed E-state index contributed by atoms with van der Waals surface area (Å²) in [6, 6.07) is 9.52. The fourth-order valence-corrected chi connectivity index (χ4v) is 3.51. The van der Waals surface area contributed by atoms with Crippen LogP contribution >= 0.6 is 23.2 Å². The second kappa shape index (κ2) is 7.67. The topological polar surface area (TPSA) is 130 Å². The summed E-state index contributed by atoms with van der Waals surface area (Å²) in [7, 11) is 0. The molecule has 1 aliphatic heterocycles. The highest BCUT2D eigenvalue weighted by atomic mass is 35.5. The second-order valence-electron chi connectivity index (χ2n) is 6.34. The number of nitrogens with one attached hydrogen (secondary N) is 2. The SMILES string of the molecule is N#Cc1nn(-c2cc(Cl)c(Oc3ccc4c(c3)CCC(=O)N4)c(Cl)c2)c(=O)[nH]c1=O. The van der Waals surface area contributed by atoms with Gasteiger partial charge in [0.25, 0.3) is 5.56 Å². The van der Waals surface area contributed by atoms with E-state index < -0.39 is 16.9 Å². The molecule has 0 saturated heterocycles. The summed E-state index contributed by atoms with van der Waals surface area (Å²) in [5.41, 5.74) is -0.436. The van der Waals surface area contributed by atoms with Crippen LogP contribution in [0.5, 0.6) is 11.5 Å². The van der Waals surface area contributed by atoms with Crippen LogP contribution in [0, 0.1) is 11.3 Å². The Balaban J connectivity index is 1.70. The summed E-state index contributed by atoms with van der Waals surface area (Å²) in [5.74, 6) is 0.580. The highest BCUT2D eigenvalue weighted by molar-refractivity contribution is 6.37. The minimum absolute atomic E-state index is 0.0384. The summed E-state index contributed by atoms with van der Waals surface area (Å²) < 4.78 is 6.63. The molecular weight excluding hydrogens is 433 g/mol. The highest BCUT2D eigenvalue weighted by Gasteiger charge is 2.18. The zero-order chi connectivity index (χ0) is 21.4. The maximum Gasteiger partial charge on any atom is 0.349 e. The van der Waals surface area contributed by atoms with Gasteiger partial charge >= 0.3 is 5.69 Å². The van der Waals surface area contributed by atoms with Crippen LogP contribution in [0.2, 0.25) is 10.0 Å². The Kier molecular flexibility index (Phi) is 5.03. The van der Waals surface area contributed by atoms with Crippen molar-refractivity contribution in [2.75, 3.05) is 5.32 Å². The van der Waals surface area contributed by atoms with E-state index in [0.29, 0.717) is 18.6 Å². The standard InChI is InChI=1S/C19H11Cl2N5O4/c20-12-6-10(26-19(29)24-18(28)15(8-22)25-26)7-13(21)17(12)30-11-2-3-14-9(5-11)1-4-16(27)23-14/h2-3,5-7H,1,4H2,(H,23,27)(H,24,28,29). The molecule has 0 bridgehead atoms. The predicted molar refractivity (Wildman–Crippen MR) is 109 cm³/mol. The fraction of sp³-hybridized carbons (Fsp3) is 0.105. The summed E-state index contributed by atoms with van der Waals surface area (Å²) in [5, 5.41) is 15.6. The number of benzene rings is 2. The average molecular weight is 444 g/mol. The summed E-state index contributed by atoms with van der Waals surface area (Å²) >= 11 is 12.6. The summed E-state index contributed by atoms with van der Waals surface area (Å²) in [6.07, 6.45) is 0.971. The first-order valence-electron chi connectivity index (χ1n) is 8.59. The maximum atomic E-state index is 12.1. The van der Waals surface area contributed by atoms with E-state index in [0.717, 1.165) is 15.9 Å². The molecular formula is C19H11Cl2N5O4. The zero-order valence-corrected chi connectivity index (χ0v) is 16.5. The number of hydrogen-bond donors (Lipinski definition) is 2. The highest BCUT2D eigenvalue weighted by Crippen LogP contribution is 2.39. The van der Waals surface area contributed by atoms with E-state index in [9.17, 15) is 14.4 Å². The smallest absolute Gasteiger partial charge is 0.349 e. The van der Waals surface area contributed by atoms with Crippen LogP contribution in [0.25, 0.3) is 5.69 Å². The van der Waals surface area contributed by atoms with Crippen LogP contribution in [0.15, 0.2) is 39.9 Å². The first-order chi connectivity index (χ1) is 14.4. The number of amides is 1. The molecule has 150 valence electrons. The van der Waals surface area contributed by atoms with E-state index in [4.69, 9.17) is 33.2 Å². The van der Waals surface area contributed by atoms with Crippen molar-refractivity contribution in [1.82, 2.24) is 14.8 Å². The van der Waals surface area contributed by atoms with Crippen molar-refractivity contribution in [3.63, 3.8) is 0 Å². The molecule has 0 spiro atoms. The number of halogens is 2. The maximum absolute atomic E-state index is 12.1. The van der Waals surface area contributed by atoms with E-state index >= 15 is 0 Å². The molecule has 3 aromatic rings. The number of anilines is 1. The summed E-state index contributed by atoms with van der Waals surface area (Å²) in [4.78, 5) is 37.1. The van der Waals surface area contributed by atoms with Crippen molar-refractivity contribution in [3.05, 3.63) is 72.5 Å². The van der Waals surface area contributed by atoms with Gasteiger partial charge in [0.05, 0.1) is 15.7 Å². The number of aryl methyl sites for hydroxylation is 1. The first-order valence-corrected chi connectivity index (χ1v) is 9.35. The Morgan fingerprint density at radius 1 is 1.10 bits per heavy atom. The van der Waals surface area contributed by atoms with Gasteiger partial charge in [0, 0.05) is 12.1 Å². The lowest BCUT2D eigenvalue weighted by Crippen LogP contribution is -2.33. The third-order valence-electron chi connectivity index (χ3n) is 4.35. The average Bonchev–Trinajstić information content (AvgIpc) is 2.70. The van der Waals surface area contributed by atoms with Crippen molar-refractivity contribution in [2.24, 2.45) is 0 Å². The van der Waals surface area contributed by atoms with E-state index in [1.165, 1.54) is 12.1 Å². The van der Waals surface area contributed by atoms with Crippen LogP contribution in [0.1, 0.15) is 17.7 Å². The molecule has 2 aromatic carbocycles. The monoisotopic (exact) mass is 443 g/mol. The molecule has 1 aliphatic rings. The molecule has 2 N–H and O–H groups in total. The lowest BCUT2D eigenvalue weighted by atomic mass is 10.0. The van der Waals surface area contributed by atoms with Gasteiger partial charge in [0.1, 0.15) is 11.8 Å². The predicted octanol–water partition coefficient (Wildman–Crippen LogP) is 2.78. The molecule has 1 amide bonds. The Morgan fingerprint density at radius 3 is 2.53 bits per heavy atom. The summed E-state index contributed by atoms with van der Waals surface area (Å²) in [6.45, 7) is 0. The second-order valence-corrected chi connectivity index (χ2v) is 7.15. The number of hydrogen-bond acceptors (Lipinski definition) is 6. The number of nitrogens with zero attached hydrogens (tertiary/aromatic N) is 3. The van der Waals surface area contributed by atoms with Gasteiger partial charge in [-0.15, -0.1) is 5.10 Å². The van der Waals surface area contributed by atoms with Crippen molar-refractivity contribution in [1.29, 1.82) is 5.26 Å². The third-order valence-corrected chi connectivity index (χ3v) is 4.92. The number of ether oxygens (including phenoxy) is 1. The number of carbonyl (C=O) groups is 1. The number of nitriles is 1. The van der Waals surface area contributed by atoms with Crippen LogP contribution in [0.3, 0.4) is 0 Å². The van der Waals surface area contributed by atoms with Crippen LogP contribution in [-0.2, 0) is 11.2 Å². The van der Waals surface area contributed by atoms with Gasteiger partial charge in [0.15, 0.2) is 5.75 Å². The molecule has 30 heavy (non-hydrogen) atoms. The molecule has 4 rings (SSSR count). The molecule has 11 heteroatoms. The lowest BCUT2D eigenvalue weighted by Gasteiger charge is -2.18. The van der Waals surface area contributed by atoms with Crippen molar-refractivity contribution in [3.8, 4) is 23.3 Å². The van der Waals surface area contributed by atoms with E-state index in [1.54, 1.807) is 24.3 Å². The molecule has 2 heterocycles. The minimum atomic E-state index is -0.889. The quantitative estimate of drug-likeness (QED) is 0.639. The van der Waals surface area contributed by atoms with E-state index in [2.05, 4.69) is 10.4 Å². The number of aromatic amines is 1. The minimum Gasteiger partial charge on any atom is -0.454 e. The van der Waals surface area contributed by atoms with Crippen molar-refractivity contribution >= 4 is 34.8 Å². The van der Waals surface area contributed by atoms with Gasteiger partial charge in [0.2, 0.25) is 11.6 Å². The first kappa shape index (κ1) is 19.7. The van der Waals surface area contributed by atoms with Gasteiger partial charge in [-0.3, -0.25) is 14.6 Å². The number of H-pyrrole nitrogens is 1. The molecule has 1 aromatic heterocycles. The molecule has 0 saturated carbocycles. The third kappa shape index (κ3) is 3.66. The van der Waals surface area contributed by atoms with E-state index in [1.807, 2.05) is 4.98 Å². The molecule has 0 atom stereocenters. The fourth-order valence-electron chi connectivity index (χ4n) is 2.96. The number of rotatable bonds is 3. The Morgan fingerprint density at radius 2 is 1.83 bits per heavy atom. The van der Waals surface area contributed by atoms with Crippen molar-refractivity contribution in [2.45, 2.75) is 12.8 Å². The van der Waals surface area contributed by atoms with Gasteiger partial charge in [-0.2, -0.15) is 9.94 Å². The lowest BCUT2D eigenvalue weighted by molar-refractivity contribution is -0.116. The molecule has 0 aliphatic carbocycles.